The summed E-state index contributed by atoms with van der Waals surface area (Å²) in [6, 6.07) is 61.6. The first-order chi connectivity index (χ1) is 26.5. The van der Waals surface area contributed by atoms with Crippen molar-refractivity contribution >= 4 is 53.1 Å². The van der Waals surface area contributed by atoms with E-state index in [0.29, 0.717) is 0 Å². The molecule has 1 aliphatic carbocycles. The van der Waals surface area contributed by atoms with Crippen LogP contribution in [0.25, 0.3) is 97.9 Å². The maximum absolute atomic E-state index is 5.29. The third-order valence-corrected chi connectivity index (χ3v) is 12.6. The lowest BCUT2D eigenvalue weighted by Gasteiger charge is -2.24. The highest BCUT2D eigenvalue weighted by Crippen LogP contribution is 2.52. The second-order valence-corrected chi connectivity index (χ2v) is 16.0. The van der Waals surface area contributed by atoms with Gasteiger partial charge in [0.25, 0.3) is 0 Å². The molecule has 2 heterocycles. The standard InChI is InChI=1S/C51H34N2S/c1-51(2)43-29-33(24-25-38(43)40-26-23-31-13-6-7-16-35(31)49(40)51)34-27-28-39(37-18-9-8-17-36(34)37)44-30-45(53-50(52-44)32-14-4-3-5-15-32)41-20-12-22-47-48(41)42-19-10-11-21-46(42)54-47/h3-30H,1-2H3. The maximum Gasteiger partial charge on any atom is 0.160 e. The van der Waals surface area contributed by atoms with Crippen LogP contribution in [0.3, 0.4) is 0 Å². The average Bonchev–Trinajstić information content (AvgIpc) is 3.72. The molecule has 0 aliphatic heterocycles. The summed E-state index contributed by atoms with van der Waals surface area (Å²) in [6.07, 6.45) is 0. The smallest absolute Gasteiger partial charge is 0.160 e. The van der Waals surface area contributed by atoms with E-state index in [4.69, 9.17) is 9.97 Å². The monoisotopic (exact) mass is 706 g/mol. The Kier molecular flexibility index (Phi) is 6.80. The lowest BCUT2D eigenvalue weighted by molar-refractivity contribution is 0.666. The topological polar surface area (TPSA) is 25.8 Å². The molecule has 2 aromatic heterocycles. The van der Waals surface area contributed by atoms with Crippen LogP contribution in [0.15, 0.2) is 170 Å². The molecule has 0 bridgehead atoms. The minimum atomic E-state index is -0.126. The van der Waals surface area contributed by atoms with E-state index in [1.165, 1.54) is 75.1 Å². The summed E-state index contributed by atoms with van der Waals surface area (Å²) in [5.74, 6) is 0.723. The molecule has 0 spiro atoms. The van der Waals surface area contributed by atoms with Crippen LogP contribution >= 0.6 is 11.3 Å². The molecule has 0 fully saturated rings. The molecule has 0 amide bonds. The minimum absolute atomic E-state index is 0.126. The summed E-state index contributed by atoms with van der Waals surface area (Å²) in [5, 5.41) is 7.53. The second kappa shape index (κ2) is 11.8. The van der Waals surface area contributed by atoms with Crippen LogP contribution < -0.4 is 0 Å². The van der Waals surface area contributed by atoms with Gasteiger partial charge in [0, 0.05) is 42.3 Å². The van der Waals surface area contributed by atoms with Crippen LogP contribution in [0.1, 0.15) is 25.0 Å². The zero-order valence-corrected chi connectivity index (χ0v) is 30.8. The average molecular weight is 707 g/mol. The fraction of sp³-hybridized carbons (Fsp3) is 0.0588. The van der Waals surface area contributed by atoms with Gasteiger partial charge in [0.2, 0.25) is 0 Å². The number of thiophene rings is 1. The van der Waals surface area contributed by atoms with E-state index < -0.39 is 0 Å². The zero-order chi connectivity index (χ0) is 36.0. The van der Waals surface area contributed by atoms with Gasteiger partial charge in [-0.2, -0.15) is 0 Å². The summed E-state index contributed by atoms with van der Waals surface area (Å²) >= 11 is 1.83. The third kappa shape index (κ3) is 4.65. The Morgan fingerprint density at radius 2 is 1.06 bits per heavy atom. The quantitative estimate of drug-likeness (QED) is 0.182. The van der Waals surface area contributed by atoms with E-state index in [1.54, 1.807) is 0 Å². The van der Waals surface area contributed by atoms with Gasteiger partial charge in [0.15, 0.2) is 5.82 Å². The highest BCUT2D eigenvalue weighted by molar-refractivity contribution is 7.25. The van der Waals surface area contributed by atoms with Crippen molar-refractivity contribution in [1.29, 1.82) is 0 Å². The molecule has 2 nitrogen and oxygen atoms in total. The van der Waals surface area contributed by atoms with Gasteiger partial charge in [0.05, 0.1) is 11.4 Å². The highest BCUT2D eigenvalue weighted by Gasteiger charge is 2.37. The van der Waals surface area contributed by atoms with Crippen LogP contribution in [0.4, 0.5) is 0 Å². The van der Waals surface area contributed by atoms with Gasteiger partial charge in [-0.1, -0.05) is 159 Å². The lowest BCUT2D eigenvalue weighted by atomic mass is 9.79. The van der Waals surface area contributed by atoms with Crippen molar-refractivity contribution in [3.05, 3.63) is 181 Å². The Morgan fingerprint density at radius 3 is 1.89 bits per heavy atom. The molecule has 1 aliphatic rings. The van der Waals surface area contributed by atoms with Crippen LogP contribution in [-0.2, 0) is 5.41 Å². The number of nitrogens with zero attached hydrogens (tertiary/aromatic N) is 2. The van der Waals surface area contributed by atoms with E-state index in [1.807, 2.05) is 17.4 Å². The molecule has 54 heavy (non-hydrogen) atoms. The summed E-state index contributed by atoms with van der Waals surface area (Å²) in [4.78, 5) is 10.5. The summed E-state index contributed by atoms with van der Waals surface area (Å²) in [7, 11) is 0. The molecule has 11 rings (SSSR count). The second-order valence-electron chi connectivity index (χ2n) is 14.9. The predicted molar refractivity (Wildman–Crippen MR) is 229 cm³/mol. The highest BCUT2D eigenvalue weighted by atomic mass is 32.1. The van der Waals surface area contributed by atoms with Crippen molar-refractivity contribution in [2.24, 2.45) is 0 Å². The molecule has 0 saturated heterocycles. The van der Waals surface area contributed by atoms with Gasteiger partial charge in [0.1, 0.15) is 0 Å². The molecular formula is C51H34N2S. The third-order valence-electron chi connectivity index (χ3n) is 11.5. The molecule has 0 radical (unpaired) electrons. The van der Waals surface area contributed by atoms with E-state index in [0.717, 1.165) is 33.9 Å². The molecule has 0 saturated carbocycles. The molecule has 0 unspecified atom stereocenters. The largest absolute Gasteiger partial charge is 0.228 e. The SMILES string of the molecule is CC1(C)c2cc(-c3ccc(-c4cc(-c5cccc6sc7ccccc7c56)nc(-c5ccccc5)n4)c4ccccc34)ccc2-c2ccc3ccccc3c21. The Bertz CT molecular complexity index is 3130. The van der Waals surface area contributed by atoms with Gasteiger partial charge in [-0.3, -0.25) is 0 Å². The number of fused-ring (bicyclic) bond motifs is 9. The van der Waals surface area contributed by atoms with E-state index in [-0.39, 0.29) is 5.41 Å². The zero-order valence-electron chi connectivity index (χ0n) is 30.0. The molecule has 0 N–H and O–H groups in total. The van der Waals surface area contributed by atoms with E-state index >= 15 is 0 Å². The van der Waals surface area contributed by atoms with Gasteiger partial charge in [-0.25, -0.2) is 9.97 Å². The fourth-order valence-corrected chi connectivity index (χ4v) is 10.1. The lowest BCUT2D eigenvalue weighted by Crippen LogP contribution is -2.15. The number of hydrogen-bond donors (Lipinski definition) is 0. The first-order valence-electron chi connectivity index (χ1n) is 18.6. The van der Waals surface area contributed by atoms with Gasteiger partial charge in [-0.15, -0.1) is 11.3 Å². The van der Waals surface area contributed by atoms with Crippen LogP contribution in [-0.4, -0.2) is 9.97 Å². The van der Waals surface area contributed by atoms with Crippen LogP contribution in [0.5, 0.6) is 0 Å². The maximum atomic E-state index is 5.29. The first-order valence-corrected chi connectivity index (χ1v) is 19.4. The number of hydrogen-bond acceptors (Lipinski definition) is 3. The van der Waals surface area contributed by atoms with Gasteiger partial charge < -0.3 is 0 Å². The van der Waals surface area contributed by atoms with Crippen molar-refractivity contribution in [2.45, 2.75) is 19.3 Å². The van der Waals surface area contributed by atoms with Crippen molar-refractivity contribution in [3.63, 3.8) is 0 Å². The van der Waals surface area contributed by atoms with Crippen molar-refractivity contribution in [1.82, 2.24) is 9.97 Å². The van der Waals surface area contributed by atoms with Crippen molar-refractivity contribution in [3.8, 4) is 56.2 Å². The Hall–Kier alpha value is -6.42. The molecule has 254 valence electrons. The summed E-state index contributed by atoms with van der Waals surface area (Å²) < 4.78 is 2.55. The Morgan fingerprint density at radius 1 is 0.426 bits per heavy atom. The van der Waals surface area contributed by atoms with Gasteiger partial charge >= 0.3 is 0 Å². The van der Waals surface area contributed by atoms with Crippen molar-refractivity contribution < 1.29 is 0 Å². The molecule has 8 aromatic carbocycles. The summed E-state index contributed by atoms with van der Waals surface area (Å²) in [6.45, 7) is 4.76. The molecular weight excluding hydrogens is 673 g/mol. The van der Waals surface area contributed by atoms with E-state index in [2.05, 4.69) is 178 Å². The molecule has 0 atom stereocenters. The Labute approximate surface area is 318 Å². The van der Waals surface area contributed by atoms with Crippen LogP contribution in [0.2, 0.25) is 0 Å². The first kappa shape index (κ1) is 31.1. The summed E-state index contributed by atoms with van der Waals surface area (Å²) in [5.41, 5.74) is 12.9. The number of rotatable bonds is 4. The van der Waals surface area contributed by atoms with Gasteiger partial charge in [-0.05, 0) is 79.2 Å². The molecule has 3 heteroatoms. The van der Waals surface area contributed by atoms with Crippen LogP contribution in [0, 0.1) is 0 Å². The molecule has 10 aromatic rings. The normalized spacial score (nSPS) is 13.1. The predicted octanol–water partition coefficient (Wildman–Crippen LogP) is 14.1. The number of benzene rings is 8. The fourth-order valence-electron chi connectivity index (χ4n) is 8.97. The number of aromatic nitrogens is 2. The van der Waals surface area contributed by atoms with E-state index in [9.17, 15) is 0 Å². The Balaban J connectivity index is 1.09. The minimum Gasteiger partial charge on any atom is -0.228 e. The van der Waals surface area contributed by atoms with Crippen molar-refractivity contribution in [2.75, 3.05) is 0 Å².